The first-order valence-electron chi connectivity index (χ1n) is 7.47. The zero-order valence-electron chi connectivity index (χ0n) is 13.4. The molecular formula is C15H21ClN4O3. The lowest BCUT2D eigenvalue weighted by Crippen LogP contribution is -2.50. The monoisotopic (exact) mass is 340 g/mol. The number of aromatic nitrogens is 2. The summed E-state index contributed by atoms with van der Waals surface area (Å²) in [6.07, 6.45) is 3.76. The number of carbonyl (C=O) groups excluding carboxylic acids is 2. The molecule has 0 aliphatic heterocycles. The molecule has 1 fully saturated rings. The van der Waals surface area contributed by atoms with Crippen molar-refractivity contribution in [3.05, 3.63) is 23.2 Å². The molecule has 7 nitrogen and oxygen atoms in total. The summed E-state index contributed by atoms with van der Waals surface area (Å²) in [7, 11) is 0. The second-order valence-electron chi connectivity index (χ2n) is 6.52. The van der Waals surface area contributed by atoms with E-state index < -0.39 is 11.7 Å². The average molecular weight is 341 g/mol. The largest absolute Gasteiger partial charge is 0.444 e. The third-order valence-electron chi connectivity index (χ3n) is 3.38. The highest BCUT2D eigenvalue weighted by Gasteiger charge is 2.36. The van der Waals surface area contributed by atoms with Crippen LogP contribution in [0.2, 0.25) is 5.15 Å². The van der Waals surface area contributed by atoms with Crippen LogP contribution in [-0.2, 0) is 16.1 Å². The molecule has 1 saturated carbocycles. The van der Waals surface area contributed by atoms with Crippen molar-refractivity contribution in [1.82, 2.24) is 20.6 Å². The molecule has 8 heteroatoms. The highest BCUT2D eigenvalue weighted by molar-refractivity contribution is 6.29. The molecular weight excluding hydrogens is 320 g/mol. The number of halogens is 1. The SMILES string of the molecule is CC(C)(C)OC(=O)NC1CC(C(=O)NCc2nccnc2Cl)C1. The lowest BCUT2D eigenvalue weighted by atomic mass is 9.79. The summed E-state index contributed by atoms with van der Waals surface area (Å²) in [5, 5.41) is 5.82. The first kappa shape index (κ1) is 17.5. The second-order valence-corrected chi connectivity index (χ2v) is 6.88. The van der Waals surface area contributed by atoms with Crippen molar-refractivity contribution in [1.29, 1.82) is 0 Å². The average Bonchev–Trinajstić information content (AvgIpc) is 2.39. The van der Waals surface area contributed by atoms with Gasteiger partial charge in [-0.25, -0.2) is 9.78 Å². The van der Waals surface area contributed by atoms with Crippen molar-refractivity contribution in [2.24, 2.45) is 5.92 Å². The van der Waals surface area contributed by atoms with Crippen LogP contribution < -0.4 is 10.6 Å². The number of nitrogens with one attached hydrogen (secondary N) is 2. The van der Waals surface area contributed by atoms with Crippen molar-refractivity contribution in [2.75, 3.05) is 0 Å². The Bertz CT molecular complexity index is 582. The number of hydrogen-bond donors (Lipinski definition) is 2. The zero-order chi connectivity index (χ0) is 17.0. The lowest BCUT2D eigenvalue weighted by molar-refractivity contribution is -0.128. The van der Waals surface area contributed by atoms with Gasteiger partial charge in [-0.15, -0.1) is 0 Å². The Labute approximate surface area is 140 Å². The van der Waals surface area contributed by atoms with E-state index in [2.05, 4.69) is 20.6 Å². The molecule has 1 heterocycles. The molecule has 0 aromatic carbocycles. The van der Waals surface area contributed by atoms with E-state index in [-0.39, 0.29) is 29.6 Å². The number of ether oxygens (including phenoxy) is 1. The smallest absolute Gasteiger partial charge is 0.407 e. The number of hydrogen-bond acceptors (Lipinski definition) is 5. The van der Waals surface area contributed by atoms with Crippen molar-refractivity contribution in [2.45, 2.75) is 51.8 Å². The Balaban J connectivity index is 1.69. The van der Waals surface area contributed by atoms with Gasteiger partial charge in [-0.2, -0.15) is 0 Å². The maximum Gasteiger partial charge on any atom is 0.407 e. The van der Waals surface area contributed by atoms with Crippen LogP contribution in [0, 0.1) is 5.92 Å². The Kier molecular flexibility index (Phi) is 5.41. The summed E-state index contributed by atoms with van der Waals surface area (Å²) in [5.74, 6) is -0.195. The van der Waals surface area contributed by atoms with Gasteiger partial charge in [0.2, 0.25) is 5.91 Å². The molecule has 0 spiro atoms. The molecule has 0 atom stereocenters. The van der Waals surface area contributed by atoms with Gasteiger partial charge in [-0.3, -0.25) is 9.78 Å². The van der Waals surface area contributed by atoms with E-state index in [4.69, 9.17) is 16.3 Å². The van der Waals surface area contributed by atoms with E-state index in [1.54, 1.807) is 20.8 Å². The van der Waals surface area contributed by atoms with E-state index >= 15 is 0 Å². The fraction of sp³-hybridized carbons (Fsp3) is 0.600. The van der Waals surface area contributed by atoms with Crippen molar-refractivity contribution < 1.29 is 14.3 Å². The minimum Gasteiger partial charge on any atom is -0.444 e. The number of carbonyl (C=O) groups is 2. The molecule has 1 aromatic heterocycles. The Morgan fingerprint density at radius 1 is 1.30 bits per heavy atom. The Morgan fingerprint density at radius 2 is 1.96 bits per heavy atom. The van der Waals surface area contributed by atoms with E-state index in [1.807, 2.05) is 0 Å². The fourth-order valence-corrected chi connectivity index (χ4v) is 2.38. The molecule has 23 heavy (non-hydrogen) atoms. The molecule has 126 valence electrons. The van der Waals surface area contributed by atoms with Gasteiger partial charge >= 0.3 is 6.09 Å². The van der Waals surface area contributed by atoms with Gasteiger partial charge in [-0.1, -0.05) is 11.6 Å². The van der Waals surface area contributed by atoms with E-state index in [0.717, 1.165) is 0 Å². The fourth-order valence-electron chi connectivity index (χ4n) is 2.21. The Hall–Kier alpha value is -1.89. The summed E-state index contributed by atoms with van der Waals surface area (Å²) in [6.45, 7) is 5.66. The van der Waals surface area contributed by atoms with E-state index in [0.29, 0.717) is 18.5 Å². The quantitative estimate of drug-likeness (QED) is 0.875. The molecule has 2 N–H and O–H groups in total. The van der Waals surface area contributed by atoms with Crippen LogP contribution in [0.4, 0.5) is 4.79 Å². The maximum absolute atomic E-state index is 12.0. The first-order chi connectivity index (χ1) is 10.7. The zero-order valence-corrected chi connectivity index (χ0v) is 14.2. The number of nitrogens with zero attached hydrogens (tertiary/aromatic N) is 2. The predicted octanol–water partition coefficient (Wildman–Crippen LogP) is 2.05. The van der Waals surface area contributed by atoms with Crippen LogP contribution >= 0.6 is 11.6 Å². The molecule has 0 bridgehead atoms. The third kappa shape index (κ3) is 5.35. The van der Waals surface area contributed by atoms with Crippen molar-refractivity contribution >= 4 is 23.6 Å². The molecule has 0 unspecified atom stereocenters. The van der Waals surface area contributed by atoms with Gasteiger partial charge < -0.3 is 15.4 Å². The van der Waals surface area contributed by atoms with Crippen LogP contribution in [0.1, 0.15) is 39.3 Å². The van der Waals surface area contributed by atoms with Crippen LogP contribution in [-0.4, -0.2) is 33.6 Å². The van der Waals surface area contributed by atoms with Crippen LogP contribution in [0.25, 0.3) is 0 Å². The molecule has 0 saturated heterocycles. The predicted molar refractivity (Wildman–Crippen MR) is 84.8 cm³/mol. The van der Waals surface area contributed by atoms with Gasteiger partial charge in [0.1, 0.15) is 5.60 Å². The summed E-state index contributed by atoms with van der Waals surface area (Å²) in [4.78, 5) is 31.6. The minimum absolute atomic E-state index is 0.0271. The molecule has 0 radical (unpaired) electrons. The van der Waals surface area contributed by atoms with Crippen LogP contribution in [0.3, 0.4) is 0 Å². The topological polar surface area (TPSA) is 93.2 Å². The van der Waals surface area contributed by atoms with Gasteiger partial charge in [0, 0.05) is 24.4 Å². The molecule has 2 rings (SSSR count). The summed E-state index contributed by atoms with van der Waals surface area (Å²) in [5.41, 5.74) is 0.00547. The minimum atomic E-state index is -0.527. The van der Waals surface area contributed by atoms with Gasteiger partial charge in [-0.05, 0) is 33.6 Å². The Morgan fingerprint density at radius 3 is 2.57 bits per heavy atom. The molecule has 1 aromatic rings. The van der Waals surface area contributed by atoms with E-state index in [9.17, 15) is 9.59 Å². The second kappa shape index (κ2) is 7.12. The third-order valence-corrected chi connectivity index (χ3v) is 3.70. The van der Waals surface area contributed by atoms with Crippen molar-refractivity contribution in [3.8, 4) is 0 Å². The van der Waals surface area contributed by atoms with Crippen LogP contribution in [0.5, 0.6) is 0 Å². The van der Waals surface area contributed by atoms with Gasteiger partial charge in [0.15, 0.2) is 5.15 Å². The highest BCUT2D eigenvalue weighted by atomic mass is 35.5. The standard InChI is InChI=1S/C15H21ClN4O3/c1-15(2,3)23-14(22)20-10-6-9(7-10)13(21)19-8-11-12(16)18-5-4-17-11/h4-5,9-10H,6-8H2,1-3H3,(H,19,21)(H,20,22). The summed E-state index contributed by atoms with van der Waals surface area (Å²) in [6, 6.07) is -0.0271. The molecule has 1 aliphatic rings. The first-order valence-corrected chi connectivity index (χ1v) is 7.85. The summed E-state index contributed by atoms with van der Waals surface area (Å²) >= 11 is 5.88. The number of alkyl carbamates (subject to hydrolysis) is 1. The van der Waals surface area contributed by atoms with Crippen LogP contribution in [0.15, 0.2) is 12.4 Å². The van der Waals surface area contributed by atoms with Gasteiger partial charge in [0.05, 0.1) is 12.2 Å². The normalized spacial score (nSPS) is 20.3. The van der Waals surface area contributed by atoms with E-state index in [1.165, 1.54) is 12.4 Å². The number of rotatable bonds is 4. The molecule has 2 amide bonds. The lowest BCUT2D eigenvalue weighted by Gasteiger charge is -2.35. The van der Waals surface area contributed by atoms with Crippen molar-refractivity contribution in [3.63, 3.8) is 0 Å². The maximum atomic E-state index is 12.0. The van der Waals surface area contributed by atoms with Gasteiger partial charge in [0.25, 0.3) is 0 Å². The molecule has 1 aliphatic carbocycles. The highest BCUT2D eigenvalue weighted by Crippen LogP contribution is 2.28. The summed E-state index contributed by atoms with van der Waals surface area (Å²) < 4.78 is 5.18. The number of amides is 2.